The zero-order valence-corrected chi connectivity index (χ0v) is 14.1. The van der Waals surface area contributed by atoms with Crippen molar-refractivity contribution in [3.63, 3.8) is 0 Å². The van der Waals surface area contributed by atoms with E-state index in [1.165, 1.54) is 5.56 Å². The SMILES string of the molecule is COc1ccc(CC(N)c2cc(Br)c(C)cc2OC)cc1. The summed E-state index contributed by atoms with van der Waals surface area (Å²) < 4.78 is 11.7. The first-order valence-corrected chi connectivity index (χ1v) is 7.57. The van der Waals surface area contributed by atoms with E-state index in [0.29, 0.717) is 0 Å². The second-order valence-corrected chi connectivity index (χ2v) is 5.86. The fourth-order valence-electron chi connectivity index (χ4n) is 2.26. The van der Waals surface area contributed by atoms with Crippen LogP contribution in [0.1, 0.15) is 22.7 Å². The number of aryl methyl sites for hydroxylation is 1. The molecule has 0 saturated carbocycles. The van der Waals surface area contributed by atoms with Crippen LogP contribution in [0.4, 0.5) is 0 Å². The molecule has 112 valence electrons. The second kappa shape index (κ2) is 6.96. The molecule has 0 fully saturated rings. The van der Waals surface area contributed by atoms with E-state index in [9.17, 15) is 0 Å². The lowest BCUT2D eigenvalue weighted by molar-refractivity contribution is 0.405. The monoisotopic (exact) mass is 349 g/mol. The minimum Gasteiger partial charge on any atom is -0.497 e. The van der Waals surface area contributed by atoms with Gasteiger partial charge in [0, 0.05) is 16.1 Å². The van der Waals surface area contributed by atoms with Gasteiger partial charge in [-0.2, -0.15) is 0 Å². The summed E-state index contributed by atoms with van der Waals surface area (Å²) in [5.41, 5.74) is 9.67. The normalized spacial score (nSPS) is 12.0. The molecule has 0 spiro atoms. The molecule has 2 aromatic carbocycles. The maximum atomic E-state index is 6.36. The lowest BCUT2D eigenvalue weighted by atomic mass is 9.98. The number of hydrogen-bond donors (Lipinski definition) is 1. The van der Waals surface area contributed by atoms with Crippen LogP contribution >= 0.6 is 15.9 Å². The van der Waals surface area contributed by atoms with E-state index >= 15 is 0 Å². The molecule has 0 radical (unpaired) electrons. The van der Waals surface area contributed by atoms with Gasteiger partial charge in [-0.05, 0) is 48.7 Å². The summed E-state index contributed by atoms with van der Waals surface area (Å²) in [5.74, 6) is 1.68. The van der Waals surface area contributed by atoms with Crippen molar-refractivity contribution in [2.24, 2.45) is 5.73 Å². The Kier molecular flexibility index (Phi) is 5.26. The standard InChI is InChI=1S/C17H20BrNO2/c1-11-8-17(21-3)14(10-15(11)18)16(19)9-12-4-6-13(20-2)7-5-12/h4-8,10,16H,9,19H2,1-3H3. The number of methoxy groups -OCH3 is 2. The second-order valence-electron chi connectivity index (χ2n) is 5.00. The molecule has 0 heterocycles. The van der Waals surface area contributed by atoms with Crippen molar-refractivity contribution >= 4 is 15.9 Å². The summed E-state index contributed by atoms with van der Waals surface area (Å²) in [7, 11) is 3.34. The van der Waals surface area contributed by atoms with Crippen LogP contribution in [0.5, 0.6) is 11.5 Å². The van der Waals surface area contributed by atoms with Crippen molar-refractivity contribution in [2.45, 2.75) is 19.4 Å². The highest BCUT2D eigenvalue weighted by molar-refractivity contribution is 9.10. The molecule has 1 unspecified atom stereocenters. The first kappa shape index (κ1) is 15.9. The Morgan fingerprint density at radius 2 is 1.76 bits per heavy atom. The summed E-state index contributed by atoms with van der Waals surface area (Å²) in [6, 6.07) is 11.9. The minimum absolute atomic E-state index is 0.120. The largest absolute Gasteiger partial charge is 0.497 e. The molecule has 21 heavy (non-hydrogen) atoms. The van der Waals surface area contributed by atoms with E-state index in [1.807, 2.05) is 43.3 Å². The van der Waals surface area contributed by atoms with Crippen LogP contribution in [0.15, 0.2) is 40.9 Å². The Balaban J connectivity index is 2.22. The average Bonchev–Trinajstić information content (AvgIpc) is 2.50. The van der Waals surface area contributed by atoms with Gasteiger partial charge in [0.15, 0.2) is 0 Å². The molecule has 0 aliphatic rings. The van der Waals surface area contributed by atoms with Crippen LogP contribution < -0.4 is 15.2 Å². The molecule has 4 heteroatoms. The molecule has 1 atom stereocenters. The Morgan fingerprint density at radius 1 is 1.10 bits per heavy atom. The highest BCUT2D eigenvalue weighted by Crippen LogP contribution is 2.32. The summed E-state index contributed by atoms with van der Waals surface area (Å²) in [6.07, 6.45) is 0.746. The van der Waals surface area contributed by atoms with Gasteiger partial charge in [-0.1, -0.05) is 28.1 Å². The third-order valence-corrected chi connectivity index (χ3v) is 4.38. The van der Waals surface area contributed by atoms with Gasteiger partial charge in [0.1, 0.15) is 11.5 Å². The molecule has 0 saturated heterocycles. The number of benzene rings is 2. The molecular weight excluding hydrogens is 330 g/mol. The molecule has 0 aliphatic heterocycles. The van der Waals surface area contributed by atoms with E-state index in [0.717, 1.165) is 33.5 Å². The van der Waals surface area contributed by atoms with Gasteiger partial charge in [0.25, 0.3) is 0 Å². The van der Waals surface area contributed by atoms with Gasteiger partial charge >= 0.3 is 0 Å². The summed E-state index contributed by atoms with van der Waals surface area (Å²) in [4.78, 5) is 0. The van der Waals surface area contributed by atoms with Crippen LogP contribution in [-0.2, 0) is 6.42 Å². The molecule has 3 nitrogen and oxygen atoms in total. The summed E-state index contributed by atoms with van der Waals surface area (Å²) in [6.45, 7) is 2.03. The highest BCUT2D eigenvalue weighted by Gasteiger charge is 2.14. The van der Waals surface area contributed by atoms with Gasteiger partial charge in [-0.25, -0.2) is 0 Å². The van der Waals surface area contributed by atoms with Gasteiger partial charge in [-0.3, -0.25) is 0 Å². The molecule has 0 bridgehead atoms. The Labute approximate surface area is 134 Å². The topological polar surface area (TPSA) is 44.5 Å². The van der Waals surface area contributed by atoms with Crippen LogP contribution in [-0.4, -0.2) is 14.2 Å². The van der Waals surface area contributed by atoms with Crippen molar-refractivity contribution in [3.05, 3.63) is 57.6 Å². The van der Waals surface area contributed by atoms with Gasteiger partial charge in [-0.15, -0.1) is 0 Å². The summed E-state index contributed by atoms with van der Waals surface area (Å²) >= 11 is 3.55. The first-order valence-electron chi connectivity index (χ1n) is 6.77. The molecule has 0 aromatic heterocycles. The van der Waals surface area contributed by atoms with Crippen LogP contribution in [0.2, 0.25) is 0 Å². The van der Waals surface area contributed by atoms with E-state index in [4.69, 9.17) is 15.2 Å². The number of rotatable bonds is 5. The number of halogens is 1. The third kappa shape index (κ3) is 3.77. The Morgan fingerprint density at radius 3 is 2.33 bits per heavy atom. The molecule has 2 aromatic rings. The Hall–Kier alpha value is -1.52. The molecule has 2 N–H and O–H groups in total. The van der Waals surface area contributed by atoms with Crippen molar-refractivity contribution in [1.29, 1.82) is 0 Å². The number of hydrogen-bond acceptors (Lipinski definition) is 3. The van der Waals surface area contributed by atoms with Crippen LogP contribution in [0, 0.1) is 6.92 Å². The van der Waals surface area contributed by atoms with Crippen LogP contribution in [0.25, 0.3) is 0 Å². The van der Waals surface area contributed by atoms with E-state index in [1.54, 1.807) is 14.2 Å². The average molecular weight is 350 g/mol. The minimum atomic E-state index is -0.120. The van der Waals surface area contributed by atoms with Crippen molar-refractivity contribution in [2.75, 3.05) is 14.2 Å². The molecule has 0 amide bonds. The van der Waals surface area contributed by atoms with E-state index in [2.05, 4.69) is 15.9 Å². The van der Waals surface area contributed by atoms with E-state index in [-0.39, 0.29) is 6.04 Å². The molecular formula is C17H20BrNO2. The van der Waals surface area contributed by atoms with Gasteiger partial charge < -0.3 is 15.2 Å². The zero-order valence-electron chi connectivity index (χ0n) is 12.5. The quantitative estimate of drug-likeness (QED) is 0.886. The predicted molar refractivity (Wildman–Crippen MR) is 89.1 cm³/mol. The van der Waals surface area contributed by atoms with Crippen molar-refractivity contribution in [1.82, 2.24) is 0 Å². The predicted octanol–water partition coefficient (Wildman–Crippen LogP) is 4.02. The first-order chi connectivity index (χ1) is 10.0. The fraction of sp³-hybridized carbons (Fsp3) is 0.294. The van der Waals surface area contributed by atoms with E-state index < -0.39 is 0 Å². The van der Waals surface area contributed by atoms with Gasteiger partial charge in [0.2, 0.25) is 0 Å². The number of nitrogens with two attached hydrogens (primary N) is 1. The van der Waals surface area contributed by atoms with Crippen LogP contribution in [0.3, 0.4) is 0 Å². The Bertz CT molecular complexity index is 611. The fourth-order valence-corrected chi connectivity index (χ4v) is 2.62. The molecule has 2 rings (SSSR count). The summed E-state index contributed by atoms with van der Waals surface area (Å²) in [5, 5.41) is 0. The third-order valence-electron chi connectivity index (χ3n) is 3.53. The smallest absolute Gasteiger partial charge is 0.123 e. The lowest BCUT2D eigenvalue weighted by Crippen LogP contribution is -2.14. The number of ether oxygens (including phenoxy) is 2. The maximum absolute atomic E-state index is 6.36. The lowest BCUT2D eigenvalue weighted by Gasteiger charge is -2.17. The maximum Gasteiger partial charge on any atom is 0.123 e. The van der Waals surface area contributed by atoms with Crippen molar-refractivity contribution < 1.29 is 9.47 Å². The zero-order chi connectivity index (χ0) is 15.4. The molecule has 0 aliphatic carbocycles. The highest BCUT2D eigenvalue weighted by atomic mass is 79.9. The van der Waals surface area contributed by atoms with Crippen molar-refractivity contribution in [3.8, 4) is 11.5 Å². The van der Waals surface area contributed by atoms with Gasteiger partial charge in [0.05, 0.1) is 14.2 Å².